The summed E-state index contributed by atoms with van der Waals surface area (Å²) in [6.45, 7) is 3.98. The predicted molar refractivity (Wildman–Crippen MR) is 68.4 cm³/mol. The Kier molecular flexibility index (Phi) is 3.80. The molecule has 1 amide bonds. The molecule has 0 aromatic heterocycles. The molecule has 1 aliphatic heterocycles. The van der Waals surface area contributed by atoms with E-state index in [-0.39, 0.29) is 0 Å². The van der Waals surface area contributed by atoms with Gasteiger partial charge in [0.05, 0.1) is 0 Å². The van der Waals surface area contributed by atoms with Crippen molar-refractivity contribution >= 4 is 17.7 Å². The van der Waals surface area contributed by atoms with E-state index < -0.39 is 0 Å². The predicted octanol–water partition coefficient (Wildman–Crippen LogP) is 1.32. The summed E-state index contributed by atoms with van der Waals surface area (Å²) in [6.07, 6.45) is 5.11. The molecule has 0 radical (unpaired) electrons. The molecule has 1 saturated carbocycles. The van der Waals surface area contributed by atoms with Crippen molar-refractivity contribution in [1.29, 1.82) is 0 Å². The first-order valence-electron chi connectivity index (χ1n) is 6.18. The van der Waals surface area contributed by atoms with E-state index in [1.165, 1.54) is 6.42 Å². The molecule has 1 aliphatic carbocycles. The van der Waals surface area contributed by atoms with Crippen molar-refractivity contribution in [3.05, 3.63) is 0 Å². The van der Waals surface area contributed by atoms with Crippen LogP contribution in [0.1, 0.15) is 26.2 Å². The number of rotatable bonds is 3. The summed E-state index contributed by atoms with van der Waals surface area (Å²) in [6, 6.07) is 0.334. The maximum Gasteiger partial charge on any atom is 0.223 e. The van der Waals surface area contributed by atoms with E-state index >= 15 is 0 Å². The molecule has 2 N–H and O–H groups in total. The molecule has 0 spiro atoms. The standard InChI is InChI=1S/C12H22N2OS/c1-8(16-2)5-12(15)14-6-9-3-4-11(13)10(9)7-14/h8-11H,3-7,13H2,1-2H3. The maximum atomic E-state index is 12.0. The lowest BCUT2D eigenvalue weighted by molar-refractivity contribution is -0.130. The Labute approximate surface area is 102 Å². The monoisotopic (exact) mass is 242 g/mol. The van der Waals surface area contributed by atoms with Gasteiger partial charge >= 0.3 is 0 Å². The Morgan fingerprint density at radius 1 is 1.50 bits per heavy atom. The van der Waals surface area contributed by atoms with Crippen LogP contribution in [0, 0.1) is 11.8 Å². The zero-order valence-corrected chi connectivity index (χ0v) is 11.0. The fourth-order valence-electron chi connectivity index (χ4n) is 2.97. The van der Waals surface area contributed by atoms with Gasteiger partial charge in [-0.15, -0.1) is 0 Å². The number of hydrogen-bond acceptors (Lipinski definition) is 3. The summed E-state index contributed by atoms with van der Waals surface area (Å²) in [5.74, 6) is 1.58. The number of hydrogen-bond donors (Lipinski definition) is 1. The molecule has 0 aromatic rings. The Hall–Kier alpha value is -0.220. The number of nitrogens with two attached hydrogens (primary N) is 1. The topological polar surface area (TPSA) is 46.3 Å². The largest absolute Gasteiger partial charge is 0.342 e. The molecule has 16 heavy (non-hydrogen) atoms. The molecule has 0 bridgehead atoms. The van der Waals surface area contributed by atoms with Crippen LogP contribution < -0.4 is 5.73 Å². The minimum absolute atomic E-state index is 0.323. The van der Waals surface area contributed by atoms with Crippen LogP contribution >= 0.6 is 11.8 Å². The van der Waals surface area contributed by atoms with Gasteiger partial charge in [-0.2, -0.15) is 11.8 Å². The minimum atomic E-state index is 0.323. The Balaban J connectivity index is 1.87. The van der Waals surface area contributed by atoms with Crippen molar-refractivity contribution in [2.75, 3.05) is 19.3 Å². The van der Waals surface area contributed by atoms with Crippen LogP contribution in [-0.4, -0.2) is 41.4 Å². The third-order valence-corrected chi connectivity index (χ3v) is 5.10. The number of thioether (sulfide) groups is 1. The first-order valence-corrected chi connectivity index (χ1v) is 7.46. The van der Waals surface area contributed by atoms with Gasteiger partial charge in [0.2, 0.25) is 5.91 Å². The second-order valence-corrected chi connectivity index (χ2v) is 6.49. The quantitative estimate of drug-likeness (QED) is 0.812. The lowest BCUT2D eigenvalue weighted by atomic mass is 9.98. The molecule has 0 aromatic carbocycles. The highest BCUT2D eigenvalue weighted by Gasteiger charge is 2.42. The SMILES string of the molecule is CSC(C)CC(=O)N1CC2CCC(N)C2C1. The number of amides is 1. The van der Waals surface area contributed by atoms with Gasteiger partial charge in [0.15, 0.2) is 0 Å². The van der Waals surface area contributed by atoms with Crippen LogP contribution in [0.2, 0.25) is 0 Å². The highest BCUT2D eigenvalue weighted by atomic mass is 32.2. The second-order valence-electron chi connectivity index (χ2n) is 5.21. The van der Waals surface area contributed by atoms with Crippen LogP contribution in [0.4, 0.5) is 0 Å². The molecule has 1 heterocycles. The Morgan fingerprint density at radius 3 is 2.88 bits per heavy atom. The number of carbonyl (C=O) groups is 1. The van der Waals surface area contributed by atoms with E-state index in [9.17, 15) is 4.79 Å². The first kappa shape index (κ1) is 12.2. The van der Waals surface area contributed by atoms with E-state index in [0.29, 0.717) is 35.5 Å². The fourth-order valence-corrected chi connectivity index (χ4v) is 3.28. The molecule has 4 heteroatoms. The van der Waals surface area contributed by atoms with Gasteiger partial charge in [0.1, 0.15) is 0 Å². The van der Waals surface area contributed by atoms with Crippen molar-refractivity contribution in [1.82, 2.24) is 4.90 Å². The van der Waals surface area contributed by atoms with Crippen LogP contribution in [0.25, 0.3) is 0 Å². The molecule has 2 rings (SSSR count). The van der Waals surface area contributed by atoms with Crippen LogP contribution in [-0.2, 0) is 4.79 Å². The van der Waals surface area contributed by atoms with Crippen molar-refractivity contribution < 1.29 is 4.79 Å². The highest BCUT2D eigenvalue weighted by molar-refractivity contribution is 7.99. The van der Waals surface area contributed by atoms with Gasteiger partial charge in [0, 0.05) is 30.8 Å². The summed E-state index contributed by atoms with van der Waals surface area (Å²) >= 11 is 1.76. The highest BCUT2D eigenvalue weighted by Crippen LogP contribution is 2.37. The molecule has 4 atom stereocenters. The Morgan fingerprint density at radius 2 is 2.25 bits per heavy atom. The zero-order chi connectivity index (χ0) is 11.7. The van der Waals surface area contributed by atoms with E-state index in [2.05, 4.69) is 13.2 Å². The average Bonchev–Trinajstić information content (AvgIpc) is 2.81. The van der Waals surface area contributed by atoms with E-state index in [1.807, 2.05) is 4.90 Å². The summed E-state index contributed by atoms with van der Waals surface area (Å²) in [7, 11) is 0. The molecule has 3 nitrogen and oxygen atoms in total. The van der Waals surface area contributed by atoms with E-state index in [0.717, 1.165) is 19.5 Å². The Bertz CT molecular complexity index is 272. The number of carbonyl (C=O) groups excluding carboxylic acids is 1. The third-order valence-electron chi connectivity index (χ3n) is 4.13. The maximum absolute atomic E-state index is 12.0. The van der Waals surface area contributed by atoms with Gasteiger partial charge in [-0.3, -0.25) is 4.79 Å². The summed E-state index contributed by atoms with van der Waals surface area (Å²) < 4.78 is 0. The fraction of sp³-hybridized carbons (Fsp3) is 0.917. The lowest BCUT2D eigenvalue weighted by Crippen LogP contribution is -2.34. The molecule has 2 aliphatic rings. The minimum Gasteiger partial charge on any atom is -0.342 e. The van der Waals surface area contributed by atoms with Crippen molar-refractivity contribution in [3.63, 3.8) is 0 Å². The molecule has 2 fully saturated rings. The van der Waals surface area contributed by atoms with E-state index in [4.69, 9.17) is 5.73 Å². The van der Waals surface area contributed by atoms with Gasteiger partial charge in [-0.25, -0.2) is 0 Å². The first-order chi connectivity index (χ1) is 7.61. The molecular formula is C12H22N2OS. The summed E-state index contributed by atoms with van der Waals surface area (Å²) in [5.41, 5.74) is 6.07. The smallest absolute Gasteiger partial charge is 0.223 e. The lowest BCUT2D eigenvalue weighted by Gasteiger charge is -2.20. The summed E-state index contributed by atoms with van der Waals surface area (Å²) in [4.78, 5) is 14.1. The number of nitrogens with zero attached hydrogens (tertiary/aromatic N) is 1. The van der Waals surface area contributed by atoms with Gasteiger partial charge in [-0.1, -0.05) is 6.92 Å². The zero-order valence-electron chi connectivity index (χ0n) is 10.2. The molecule has 1 saturated heterocycles. The van der Waals surface area contributed by atoms with Crippen LogP contribution in [0.3, 0.4) is 0 Å². The number of fused-ring (bicyclic) bond motifs is 1. The van der Waals surface area contributed by atoms with Crippen LogP contribution in [0.5, 0.6) is 0 Å². The molecule has 4 unspecified atom stereocenters. The van der Waals surface area contributed by atoms with Gasteiger partial charge in [0.25, 0.3) is 0 Å². The van der Waals surface area contributed by atoms with Gasteiger partial charge in [-0.05, 0) is 30.9 Å². The summed E-state index contributed by atoms with van der Waals surface area (Å²) in [5, 5.41) is 0.432. The van der Waals surface area contributed by atoms with Crippen molar-refractivity contribution in [3.8, 4) is 0 Å². The molecule has 92 valence electrons. The number of likely N-dealkylation sites (tertiary alicyclic amines) is 1. The van der Waals surface area contributed by atoms with Crippen molar-refractivity contribution in [2.45, 2.75) is 37.5 Å². The molecular weight excluding hydrogens is 220 g/mol. The third kappa shape index (κ3) is 2.38. The normalized spacial score (nSPS) is 35.2. The van der Waals surface area contributed by atoms with Gasteiger partial charge < -0.3 is 10.6 Å². The average molecular weight is 242 g/mol. The van der Waals surface area contributed by atoms with E-state index in [1.54, 1.807) is 11.8 Å². The van der Waals surface area contributed by atoms with Crippen molar-refractivity contribution in [2.24, 2.45) is 17.6 Å². The second kappa shape index (κ2) is 4.96. The van der Waals surface area contributed by atoms with Crippen LogP contribution in [0.15, 0.2) is 0 Å².